The van der Waals surface area contributed by atoms with Gasteiger partial charge in [0.15, 0.2) is 0 Å². The van der Waals surface area contributed by atoms with Crippen LogP contribution in [0.5, 0.6) is 0 Å². The second kappa shape index (κ2) is 7.25. The fourth-order valence-electron chi connectivity index (χ4n) is 1.92. The van der Waals surface area contributed by atoms with Crippen molar-refractivity contribution in [2.45, 2.75) is 45.4 Å². The molecule has 0 bridgehead atoms. The fraction of sp³-hybridized carbons (Fsp3) is 0.833. The maximum atomic E-state index is 11.8. The van der Waals surface area contributed by atoms with Gasteiger partial charge in [0.2, 0.25) is 5.91 Å². The van der Waals surface area contributed by atoms with Gasteiger partial charge in [0, 0.05) is 19.5 Å². The molecule has 1 rings (SSSR count). The Kier molecular flexibility index (Phi) is 5.90. The van der Waals surface area contributed by atoms with Gasteiger partial charge < -0.3 is 9.64 Å². The fourth-order valence-corrected chi connectivity index (χ4v) is 1.92. The molecule has 0 radical (unpaired) electrons. The average molecular weight is 227 g/mol. The summed E-state index contributed by atoms with van der Waals surface area (Å²) in [5.41, 5.74) is 0. The lowest BCUT2D eigenvalue weighted by molar-refractivity contribution is -0.145. The van der Waals surface area contributed by atoms with E-state index in [1.54, 1.807) is 6.92 Å². The molecule has 4 heteroatoms. The number of ether oxygens (including phenoxy) is 1. The van der Waals surface area contributed by atoms with Crippen molar-refractivity contribution in [2.24, 2.45) is 0 Å². The van der Waals surface area contributed by atoms with Crippen LogP contribution in [0.1, 0.15) is 45.4 Å². The van der Waals surface area contributed by atoms with E-state index >= 15 is 0 Å². The molecule has 0 aromatic rings. The highest BCUT2D eigenvalue weighted by Gasteiger charge is 2.16. The Bertz CT molecular complexity index is 232. The highest BCUT2D eigenvalue weighted by molar-refractivity contribution is 5.81. The summed E-state index contributed by atoms with van der Waals surface area (Å²) < 4.78 is 4.79. The first-order valence-corrected chi connectivity index (χ1v) is 6.17. The first kappa shape index (κ1) is 13.0. The number of carbonyl (C=O) groups is 2. The van der Waals surface area contributed by atoms with Crippen LogP contribution in [0.3, 0.4) is 0 Å². The van der Waals surface area contributed by atoms with Crippen LogP contribution in [-0.4, -0.2) is 36.5 Å². The summed E-state index contributed by atoms with van der Waals surface area (Å²) in [5.74, 6) is -0.180. The van der Waals surface area contributed by atoms with Crippen LogP contribution < -0.4 is 0 Å². The van der Waals surface area contributed by atoms with E-state index in [0.29, 0.717) is 13.0 Å². The van der Waals surface area contributed by atoms with Crippen LogP contribution in [-0.2, 0) is 14.3 Å². The summed E-state index contributed by atoms with van der Waals surface area (Å²) in [6.45, 7) is 3.86. The second-order valence-electron chi connectivity index (χ2n) is 4.10. The lowest BCUT2D eigenvalue weighted by Crippen LogP contribution is -2.32. The molecule has 1 amide bonds. The molecule has 4 nitrogen and oxygen atoms in total. The molecular formula is C12H21NO3. The van der Waals surface area contributed by atoms with Gasteiger partial charge >= 0.3 is 5.97 Å². The predicted octanol–water partition coefficient (Wildman–Crippen LogP) is 1.73. The zero-order valence-electron chi connectivity index (χ0n) is 10.0. The molecule has 0 atom stereocenters. The van der Waals surface area contributed by atoms with Gasteiger partial charge in [-0.1, -0.05) is 12.8 Å². The quantitative estimate of drug-likeness (QED) is 0.687. The van der Waals surface area contributed by atoms with Crippen molar-refractivity contribution in [1.29, 1.82) is 0 Å². The largest absolute Gasteiger partial charge is 0.466 e. The van der Waals surface area contributed by atoms with Gasteiger partial charge in [-0.05, 0) is 19.8 Å². The Balaban J connectivity index is 2.25. The maximum absolute atomic E-state index is 11.8. The van der Waals surface area contributed by atoms with Crippen molar-refractivity contribution >= 4 is 11.9 Å². The number of likely N-dealkylation sites (tertiary alicyclic amines) is 1. The minimum absolute atomic E-state index is 0.0925. The average Bonchev–Trinajstić information content (AvgIpc) is 2.55. The molecule has 0 aliphatic carbocycles. The third-order valence-electron chi connectivity index (χ3n) is 2.81. The molecule has 1 aliphatic heterocycles. The van der Waals surface area contributed by atoms with Gasteiger partial charge in [0.05, 0.1) is 13.0 Å². The van der Waals surface area contributed by atoms with Crippen LogP contribution in [0.15, 0.2) is 0 Å². The van der Waals surface area contributed by atoms with Crippen LogP contribution >= 0.6 is 0 Å². The van der Waals surface area contributed by atoms with E-state index in [-0.39, 0.29) is 18.3 Å². The van der Waals surface area contributed by atoms with Gasteiger partial charge in [-0.25, -0.2) is 0 Å². The molecule has 1 saturated heterocycles. The topological polar surface area (TPSA) is 46.6 Å². The molecule has 92 valence electrons. The lowest BCUT2D eigenvalue weighted by atomic mass is 10.2. The highest BCUT2D eigenvalue weighted by Crippen LogP contribution is 2.11. The standard InChI is InChI=1S/C12H21NO3/c1-2-16-12(15)8-7-11(14)13-9-5-3-4-6-10-13/h2-10H2,1H3. The molecule has 1 aliphatic rings. The van der Waals surface area contributed by atoms with Crippen molar-refractivity contribution < 1.29 is 14.3 Å². The number of nitrogens with zero attached hydrogens (tertiary/aromatic N) is 1. The smallest absolute Gasteiger partial charge is 0.306 e. The molecule has 0 N–H and O–H groups in total. The van der Waals surface area contributed by atoms with E-state index in [1.165, 1.54) is 12.8 Å². The molecule has 0 aromatic carbocycles. The molecule has 0 aromatic heterocycles. The molecule has 16 heavy (non-hydrogen) atoms. The number of esters is 1. The molecule has 0 unspecified atom stereocenters. The van der Waals surface area contributed by atoms with Gasteiger partial charge in [-0.15, -0.1) is 0 Å². The summed E-state index contributed by atoms with van der Waals surface area (Å²) in [7, 11) is 0. The second-order valence-corrected chi connectivity index (χ2v) is 4.10. The minimum Gasteiger partial charge on any atom is -0.466 e. The SMILES string of the molecule is CCOC(=O)CCC(=O)N1CCCCCC1. The van der Waals surface area contributed by atoms with E-state index in [9.17, 15) is 9.59 Å². The predicted molar refractivity (Wildman–Crippen MR) is 60.9 cm³/mol. The summed E-state index contributed by atoms with van der Waals surface area (Å²) in [4.78, 5) is 24.8. The molecule has 1 fully saturated rings. The number of hydrogen-bond acceptors (Lipinski definition) is 3. The Morgan fingerprint density at radius 3 is 2.25 bits per heavy atom. The first-order valence-electron chi connectivity index (χ1n) is 6.17. The zero-order valence-corrected chi connectivity index (χ0v) is 10.0. The van der Waals surface area contributed by atoms with Crippen molar-refractivity contribution in [1.82, 2.24) is 4.90 Å². The van der Waals surface area contributed by atoms with Crippen molar-refractivity contribution in [3.63, 3.8) is 0 Å². The van der Waals surface area contributed by atoms with Crippen LogP contribution in [0, 0.1) is 0 Å². The van der Waals surface area contributed by atoms with Crippen molar-refractivity contribution in [2.75, 3.05) is 19.7 Å². The molecule has 0 spiro atoms. The Hall–Kier alpha value is -1.06. The van der Waals surface area contributed by atoms with E-state index < -0.39 is 0 Å². The number of hydrogen-bond donors (Lipinski definition) is 0. The van der Waals surface area contributed by atoms with Gasteiger partial charge in [0.1, 0.15) is 0 Å². The molecule has 0 saturated carbocycles. The summed E-state index contributed by atoms with van der Waals surface area (Å²) in [6, 6.07) is 0. The van der Waals surface area contributed by atoms with Gasteiger partial charge in [0.25, 0.3) is 0 Å². The summed E-state index contributed by atoms with van der Waals surface area (Å²) in [6.07, 6.45) is 5.10. The van der Waals surface area contributed by atoms with Crippen LogP contribution in [0.4, 0.5) is 0 Å². The van der Waals surface area contributed by atoms with Gasteiger partial charge in [-0.3, -0.25) is 9.59 Å². The van der Waals surface area contributed by atoms with Crippen LogP contribution in [0.25, 0.3) is 0 Å². The zero-order chi connectivity index (χ0) is 11.8. The van der Waals surface area contributed by atoms with E-state index in [0.717, 1.165) is 25.9 Å². The van der Waals surface area contributed by atoms with Gasteiger partial charge in [-0.2, -0.15) is 0 Å². The first-order chi connectivity index (χ1) is 7.74. The number of carbonyl (C=O) groups excluding carboxylic acids is 2. The third-order valence-corrected chi connectivity index (χ3v) is 2.81. The summed E-state index contributed by atoms with van der Waals surface area (Å²) >= 11 is 0. The maximum Gasteiger partial charge on any atom is 0.306 e. The molecule has 1 heterocycles. The Morgan fingerprint density at radius 1 is 1.06 bits per heavy atom. The van der Waals surface area contributed by atoms with Crippen molar-refractivity contribution in [3.05, 3.63) is 0 Å². The van der Waals surface area contributed by atoms with Crippen LogP contribution in [0.2, 0.25) is 0 Å². The minimum atomic E-state index is -0.273. The van der Waals surface area contributed by atoms with E-state index in [1.807, 2.05) is 4.90 Å². The van der Waals surface area contributed by atoms with E-state index in [2.05, 4.69) is 0 Å². The lowest BCUT2D eigenvalue weighted by Gasteiger charge is -2.19. The number of rotatable bonds is 4. The highest BCUT2D eigenvalue weighted by atomic mass is 16.5. The molecular weight excluding hydrogens is 206 g/mol. The Labute approximate surface area is 96.9 Å². The van der Waals surface area contributed by atoms with Crippen molar-refractivity contribution in [3.8, 4) is 0 Å². The summed E-state index contributed by atoms with van der Waals surface area (Å²) in [5, 5.41) is 0. The third kappa shape index (κ3) is 4.64. The Morgan fingerprint density at radius 2 is 1.69 bits per heavy atom. The number of amides is 1. The normalized spacial score (nSPS) is 16.7. The van der Waals surface area contributed by atoms with E-state index in [4.69, 9.17) is 4.74 Å². The monoisotopic (exact) mass is 227 g/mol.